The molecule has 0 saturated heterocycles. The highest BCUT2D eigenvalue weighted by Crippen LogP contribution is 2.03. The molecular weight excluding hydrogens is 164 g/mol. The summed E-state index contributed by atoms with van der Waals surface area (Å²) in [6.07, 6.45) is 4.27. The number of hydrogen-bond donors (Lipinski definition) is 0. The Balaban J connectivity index is 4.07. The molecule has 0 atom stereocenters. The highest BCUT2D eigenvalue weighted by Gasteiger charge is 2.02. The van der Waals surface area contributed by atoms with E-state index >= 15 is 0 Å². The van der Waals surface area contributed by atoms with Gasteiger partial charge in [0.05, 0.1) is 12.2 Å². The molecule has 0 unspecified atom stereocenters. The van der Waals surface area contributed by atoms with Crippen molar-refractivity contribution in [1.82, 2.24) is 0 Å². The van der Waals surface area contributed by atoms with E-state index < -0.39 is 0 Å². The first kappa shape index (κ1) is 11.7. The van der Waals surface area contributed by atoms with Gasteiger partial charge in [0.1, 0.15) is 0 Å². The average molecular weight is 180 g/mol. The van der Waals surface area contributed by atoms with Gasteiger partial charge in [-0.1, -0.05) is 31.7 Å². The molecule has 72 valence electrons. The Hall–Kier alpha value is -1.31. The van der Waals surface area contributed by atoms with Gasteiger partial charge in [-0.3, -0.25) is 0 Å². The van der Waals surface area contributed by atoms with Gasteiger partial charge >= 0.3 is 5.97 Å². The van der Waals surface area contributed by atoms with Crippen LogP contribution in [-0.4, -0.2) is 12.6 Å². The molecule has 0 heterocycles. The third-order valence-electron chi connectivity index (χ3n) is 1.51. The SMILES string of the molecule is C=C(/C=C\C(=C)C(=O)OCC)CC. The topological polar surface area (TPSA) is 26.3 Å². The third kappa shape index (κ3) is 5.01. The minimum atomic E-state index is -0.373. The van der Waals surface area contributed by atoms with E-state index in [0.717, 1.165) is 12.0 Å². The van der Waals surface area contributed by atoms with Crippen molar-refractivity contribution in [1.29, 1.82) is 0 Å². The molecule has 13 heavy (non-hydrogen) atoms. The molecule has 0 aromatic carbocycles. The minimum Gasteiger partial charge on any atom is -0.462 e. The molecular formula is C11H16O2. The normalized spacial score (nSPS) is 10.0. The molecule has 2 nitrogen and oxygen atoms in total. The van der Waals surface area contributed by atoms with E-state index in [-0.39, 0.29) is 5.97 Å². The van der Waals surface area contributed by atoms with Crippen LogP contribution in [0.3, 0.4) is 0 Å². The fourth-order valence-electron chi connectivity index (χ4n) is 0.628. The molecule has 0 aliphatic carbocycles. The zero-order chi connectivity index (χ0) is 10.3. The molecule has 0 aliphatic heterocycles. The van der Waals surface area contributed by atoms with E-state index in [9.17, 15) is 4.79 Å². The largest absolute Gasteiger partial charge is 0.462 e. The second-order valence-corrected chi connectivity index (χ2v) is 2.59. The van der Waals surface area contributed by atoms with E-state index in [1.807, 2.05) is 6.92 Å². The van der Waals surface area contributed by atoms with E-state index in [1.54, 1.807) is 19.1 Å². The molecule has 0 aromatic rings. The van der Waals surface area contributed by atoms with Gasteiger partial charge < -0.3 is 4.74 Å². The quantitative estimate of drug-likeness (QED) is 0.369. The minimum absolute atomic E-state index is 0.358. The second-order valence-electron chi connectivity index (χ2n) is 2.59. The molecule has 0 bridgehead atoms. The van der Waals surface area contributed by atoms with Crippen LogP contribution in [0.4, 0.5) is 0 Å². The summed E-state index contributed by atoms with van der Waals surface area (Å²) in [5, 5.41) is 0. The van der Waals surface area contributed by atoms with Gasteiger partial charge in [0.25, 0.3) is 0 Å². The van der Waals surface area contributed by atoms with Crippen LogP contribution in [-0.2, 0) is 9.53 Å². The van der Waals surface area contributed by atoms with Crippen molar-refractivity contribution in [2.45, 2.75) is 20.3 Å². The molecule has 2 heteroatoms. The summed E-state index contributed by atoms with van der Waals surface area (Å²) in [6.45, 7) is 11.5. The maximum Gasteiger partial charge on any atom is 0.337 e. The maximum atomic E-state index is 11.0. The number of carbonyl (C=O) groups is 1. The Morgan fingerprint density at radius 1 is 1.31 bits per heavy atom. The van der Waals surface area contributed by atoms with Gasteiger partial charge in [-0.2, -0.15) is 0 Å². The first-order valence-corrected chi connectivity index (χ1v) is 4.33. The first-order valence-electron chi connectivity index (χ1n) is 4.33. The number of hydrogen-bond acceptors (Lipinski definition) is 2. The number of allylic oxidation sites excluding steroid dienone is 2. The Labute approximate surface area is 79.6 Å². The van der Waals surface area contributed by atoms with Crippen molar-refractivity contribution in [2.75, 3.05) is 6.61 Å². The zero-order valence-corrected chi connectivity index (χ0v) is 8.30. The Morgan fingerprint density at radius 2 is 1.92 bits per heavy atom. The summed E-state index contributed by atoms with van der Waals surface area (Å²) < 4.78 is 4.75. The lowest BCUT2D eigenvalue weighted by molar-refractivity contribution is -0.138. The molecule has 0 rings (SSSR count). The fourth-order valence-corrected chi connectivity index (χ4v) is 0.628. The van der Waals surface area contributed by atoms with Gasteiger partial charge in [0.2, 0.25) is 0 Å². The second kappa shape index (κ2) is 6.23. The van der Waals surface area contributed by atoms with Crippen LogP contribution in [0.15, 0.2) is 36.5 Å². The Kier molecular flexibility index (Phi) is 5.60. The zero-order valence-electron chi connectivity index (χ0n) is 8.30. The summed E-state index contributed by atoms with van der Waals surface area (Å²) in [7, 11) is 0. The van der Waals surface area contributed by atoms with Crippen LogP contribution >= 0.6 is 0 Å². The third-order valence-corrected chi connectivity index (χ3v) is 1.51. The van der Waals surface area contributed by atoms with Gasteiger partial charge in [0, 0.05) is 0 Å². The van der Waals surface area contributed by atoms with Gasteiger partial charge in [0.15, 0.2) is 0 Å². The molecule has 0 aliphatic rings. The van der Waals surface area contributed by atoms with Crippen LogP contribution in [0.1, 0.15) is 20.3 Å². The van der Waals surface area contributed by atoms with Crippen LogP contribution in [0, 0.1) is 0 Å². The molecule has 0 amide bonds. The summed E-state index contributed by atoms with van der Waals surface area (Å²) >= 11 is 0. The number of rotatable bonds is 5. The van der Waals surface area contributed by atoms with Crippen molar-refractivity contribution in [2.24, 2.45) is 0 Å². The highest BCUT2D eigenvalue weighted by molar-refractivity contribution is 5.90. The Morgan fingerprint density at radius 3 is 2.38 bits per heavy atom. The van der Waals surface area contributed by atoms with Crippen LogP contribution in [0.2, 0.25) is 0 Å². The number of ether oxygens (including phenoxy) is 1. The van der Waals surface area contributed by atoms with E-state index in [0.29, 0.717) is 12.2 Å². The lowest BCUT2D eigenvalue weighted by Gasteiger charge is -1.99. The highest BCUT2D eigenvalue weighted by atomic mass is 16.5. The predicted octanol–water partition coefficient (Wildman–Crippen LogP) is 2.63. The predicted molar refractivity (Wildman–Crippen MR) is 54.3 cm³/mol. The smallest absolute Gasteiger partial charge is 0.337 e. The van der Waals surface area contributed by atoms with Crippen LogP contribution in [0.25, 0.3) is 0 Å². The van der Waals surface area contributed by atoms with Gasteiger partial charge in [-0.15, -0.1) is 0 Å². The molecule has 0 N–H and O–H groups in total. The van der Waals surface area contributed by atoms with Crippen molar-refractivity contribution in [3.8, 4) is 0 Å². The summed E-state index contributed by atoms with van der Waals surface area (Å²) in [6, 6.07) is 0. The van der Waals surface area contributed by atoms with Crippen molar-refractivity contribution < 1.29 is 9.53 Å². The molecule has 0 fully saturated rings. The summed E-state index contributed by atoms with van der Waals surface area (Å²) in [4.78, 5) is 11.0. The summed E-state index contributed by atoms with van der Waals surface area (Å²) in [5.74, 6) is -0.373. The lowest BCUT2D eigenvalue weighted by atomic mass is 10.2. The van der Waals surface area contributed by atoms with E-state index in [4.69, 9.17) is 4.74 Å². The van der Waals surface area contributed by atoms with E-state index in [2.05, 4.69) is 13.2 Å². The van der Waals surface area contributed by atoms with Crippen LogP contribution in [0.5, 0.6) is 0 Å². The van der Waals surface area contributed by atoms with Crippen LogP contribution < -0.4 is 0 Å². The number of esters is 1. The van der Waals surface area contributed by atoms with Crippen molar-refractivity contribution in [3.63, 3.8) is 0 Å². The molecule has 0 radical (unpaired) electrons. The number of carbonyl (C=O) groups excluding carboxylic acids is 1. The Bertz CT molecular complexity index is 236. The van der Waals surface area contributed by atoms with Gasteiger partial charge in [-0.05, 0) is 19.4 Å². The van der Waals surface area contributed by atoms with Gasteiger partial charge in [-0.25, -0.2) is 4.79 Å². The molecule has 0 saturated carbocycles. The van der Waals surface area contributed by atoms with E-state index in [1.165, 1.54) is 0 Å². The average Bonchev–Trinajstić information content (AvgIpc) is 2.13. The molecule has 0 spiro atoms. The first-order chi connectivity index (χ1) is 6.11. The monoisotopic (exact) mass is 180 g/mol. The maximum absolute atomic E-state index is 11.0. The fraction of sp³-hybridized carbons (Fsp3) is 0.364. The van der Waals surface area contributed by atoms with Crippen molar-refractivity contribution in [3.05, 3.63) is 36.5 Å². The summed E-state index contributed by atoms with van der Waals surface area (Å²) in [5.41, 5.74) is 1.32. The van der Waals surface area contributed by atoms with Crippen molar-refractivity contribution >= 4 is 5.97 Å². The standard InChI is InChI=1S/C11H16O2/c1-5-9(3)7-8-10(4)11(12)13-6-2/h7-8H,3-6H2,1-2H3/b8-7-. The molecule has 0 aromatic heterocycles. The lowest BCUT2D eigenvalue weighted by Crippen LogP contribution is -2.04.